The Morgan fingerprint density at radius 1 is 0.236 bits per heavy atom. The van der Waals surface area contributed by atoms with E-state index in [2.05, 4.69) is 149 Å². The lowest BCUT2D eigenvalue weighted by Gasteiger charge is -2.20. The molecule has 0 unspecified atom stereocenters. The number of aryl methyl sites for hydroxylation is 4. The summed E-state index contributed by atoms with van der Waals surface area (Å²) >= 11 is 0. The quantitative estimate of drug-likeness (QED) is 0.137. The summed E-state index contributed by atoms with van der Waals surface area (Å²) in [4.78, 5) is 9.47. The molecule has 2 aromatic heterocycles. The van der Waals surface area contributed by atoms with E-state index in [-0.39, 0.29) is 11.6 Å². The van der Waals surface area contributed by atoms with E-state index in [1.807, 2.05) is 73.1 Å². The largest absolute Gasteiger partial charge is 0.256 e. The molecule has 0 radical (unpaired) electrons. The van der Waals surface area contributed by atoms with Gasteiger partial charge >= 0.3 is 0 Å². The molecule has 0 fully saturated rings. The third-order valence-corrected chi connectivity index (χ3v) is 14.0. The molecule has 0 aliphatic rings. The topological polar surface area (TPSA) is 25.8 Å². The first-order valence-electron chi connectivity index (χ1n) is 24.3. The van der Waals surface area contributed by atoms with Crippen LogP contribution in [0.5, 0.6) is 0 Å². The van der Waals surface area contributed by atoms with Crippen LogP contribution < -0.4 is 0 Å². The molecule has 11 aromatic rings. The van der Waals surface area contributed by atoms with Crippen molar-refractivity contribution in [2.75, 3.05) is 0 Å². The van der Waals surface area contributed by atoms with E-state index < -0.39 is 0 Å². The second kappa shape index (κ2) is 19.5. The third-order valence-electron chi connectivity index (χ3n) is 14.0. The van der Waals surface area contributed by atoms with Crippen molar-refractivity contribution in [3.8, 4) is 112 Å². The molecular weight excluding hydrogens is 883 g/mol. The number of aromatic nitrogens is 2. The molecule has 0 bridgehead atoms. The molecule has 11 rings (SSSR count). The molecule has 346 valence electrons. The molecule has 0 aliphatic carbocycles. The lowest BCUT2D eigenvalue weighted by Crippen LogP contribution is -1.96. The van der Waals surface area contributed by atoms with Gasteiger partial charge in [0.2, 0.25) is 0 Å². The Morgan fingerprint density at radius 2 is 0.556 bits per heavy atom. The Kier molecular flexibility index (Phi) is 12.3. The zero-order valence-corrected chi connectivity index (χ0v) is 40.6. The minimum absolute atomic E-state index is 0.267. The molecule has 0 spiro atoms. The lowest BCUT2D eigenvalue weighted by atomic mass is 9.83. The average molecular weight is 933 g/mol. The van der Waals surface area contributed by atoms with Gasteiger partial charge in [0, 0.05) is 23.5 Å². The fraction of sp³-hybridized carbons (Fsp3) is 0.0588. The highest BCUT2D eigenvalue weighted by molar-refractivity contribution is 5.98. The first-order chi connectivity index (χ1) is 35.1. The van der Waals surface area contributed by atoms with Crippen molar-refractivity contribution in [1.82, 2.24) is 9.97 Å². The van der Waals surface area contributed by atoms with E-state index in [9.17, 15) is 8.78 Å². The Balaban J connectivity index is 1.08. The van der Waals surface area contributed by atoms with Crippen LogP contribution in [-0.2, 0) is 0 Å². The molecule has 0 saturated heterocycles. The molecule has 9 aromatic carbocycles. The molecule has 0 atom stereocenters. The fourth-order valence-corrected chi connectivity index (χ4v) is 9.90. The Morgan fingerprint density at radius 3 is 0.917 bits per heavy atom. The summed E-state index contributed by atoms with van der Waals surface area (Å²) in [5.74, 6) is -0.533. The van der Waals surface area contributed by atoms with Crippen molar-refractivity contribution in [3.05, 3.63) is 265 Å². The van der Waals surface area contributed by atoms with Crippen molar-refractivity contribution < 1.29 is 8.78 Å². The van der Waals surface area contributed by atoms with Gasteiger partial charge in [0.15, 0.2) is 0 Å². The highest BCUT2D eigenvalue weighted by Crippen LogP contribution is 2.46. The van der Waals surface area contributed by atoms with Crippen LogP contribution in [-0.4, -0.2) is 9.97 Å². The van der Waals surface area contributed by atoms with Gasteiger partial charge in [0.25, 0.3) is 0 Å². The summed E-state index contributed by atoms with van der Waals surface area (Å²) in [6.07, 6.45) is 3.65. The molecule has 4 heteroatoms. The molecular formula is C68H50F2N2. The summed E-state index contributed by atoms with van der Waals surface area (Å²) in [6, 6.07) is 73.8. The van der Waals surface area contributed by atoms with Gasteiger partial charge in [-0.05, 0) is 218 Å². The molecule has 0 amide bonds. The lowest BCUT2D eigenvalue weighted by molar-refractivity contribution is 0.628. The minimum Gasteiger partial charge on any atom is -0.256 e. The Hall–Kier alpha value is -8.86. The number of halogens is 2. The standard InChI is InChI=1S/C68H50F2N2/c1-43-32-61(65(34-45(43)3)59-28-26-55(67-24-5-7-30-71-67)41-63(59)51-18-9-14-47(36-51)49-16-12-22-57(69)39-49)53-20-11-21-54(38-53)62-33-44(2)46(4)35-66(62)60-29-27-56(68-25-6-8-31-72-68)42-64(60)52-19-10-15-48(37-52)50-17-13-23-58(70)40-50/h5-42H,1-4H3. The average Bonchev–Trinajstić information content (AvgIpc) is 3.42. The smallest absolute Gasteiger partial charge is 0.123 e. The highest BCUT2D eigenvalue weighted by atomic mass is 19.1. The number of hydrogen-bond acceptors (Lipinski definition) is 2. The predicted octanol–water partition coefficient (Wildman–Crippen LogP) is 18.7. The van der Waals surface area contributed by atoms with Crippen molar-refractivity contribution in [1.29, 1.82) is 0 Å². The fourth-order valence-electron chi connectivity index (χ4n) is 9.90. The maximum Gasteiger partial charge on any atom is 0.123 e. The molecule has 0 aliphatic heterocycles. The molecule has 2 heterocycles. The summed E-state index contributed by atoms with van der Waals surface area (Å²) < 4.78 is 29.2. The van der Waals surface area contributed by atoms with Crippen LogP contribution in [0.3, 0.4) is 0 Å². The van der Waals surface area contributed by atoms with E-state index in [4.69, 9.17) is 9.97 Å². The van der Waals surface area contributed by atoms with E-state index in [1.165, 1.54) is 34.4 Å². The van der Waals surface area contributed by atoms with Gasteiger partial charge in [-0.1, -0.05) is 140 Å². The molecule has 72 heavy (non-hydrogen) atoms. The molecule has 2 nitrogen and oxygen atoms in total. The van der Waals surface area contributed by atoms with Crippen molar-refractivity contribution in [2.45, 2.75) is 27.7 Å². The Labute approximate surface area is 420 Å². The number of pyridine rings is 2. The van der Waals surface area contributed by atoms with Crippen LogP contribution in [0.4, 0.5) is 8.78 Å². The zero-order valence-electron chi connectivity index (χ0n) is 40.6. The monoisotopic (exact) mass is 932 g/mol. The van der Waals surface area contributed by atoms with Crippen molar-refractivity contribution in [2.24, 2.45) is 0 Å². The SMILES string of the molecule is Cc1cc(-c2cccc(-c3cc(C)c(C)cc3-c3ccc(-c4ccccn4)cc3-c3cccc(-c4cccc(F)c4)c3)c2)c(-c2ccc(-c3ccccn3)cc2-c2cccc(-c3cccc(F)c3)c2)cc1C. The van der Waals surface area contributed by atoms with Crippen LogP contribution in [0.15, 0.2) is 231 Å². The van der Waals surface area contributed by atoms with Gasteiger partial charge in [-0.2, -0.15) is 0 Å². The van der Waals surface area contributed by atoms with Gasteiger partial charge in [-0.3, -0.25) is 9.97 Å². The minimum atomic E-state index is -0.267. The van der Waals surface area contributed by atoms with Crippen LogP contribution in [0.2, 0.25) is 0 Å². The zero-order chi connectivity index (χ0) is 49.3. The van der Waals surface area contributed by atoms with Gasteiger partial charge in [0.1, 0.15) is 11.6 Å². The number of benzene rings is 9. The summed E-state index contributed by atoms with van der Waals surface area (Å²) in [5.41, 5.74) is 25.0. The van der Waals surface area contributed by atoms with Crippen LogP contribution >= 0.6 is 0 Å². The molecule has 0 N–H and O–H groups in total. The third kappa shape index (κ3) is 9.19. The second-order valence-electron chi connectivity index (χ2n) is 18.7. The maximum atomic E-state index is 14.6. The molecule has 0 saturated carbocycles. The number of nitrogens with zero attached hydrogens (tertiary/aromatic N) is 2. The maximum absolute atomic E-state index is 14.6. The van der Waals surface area contributed by atoms with Crippen LogP contribution in [0, 0.1) is 39.3 Å². The van der Waals surface area contributed by atoms with E-state index >= 15 is 0 Å². The van der Waals surface area contributed by atoms with Crippen molar-refractivity contribution >= 4 is 0 Å². The first kappa shape index (κ1) is 45.6. The number of rotatable bonds is 10. The summed E-state index contributed by atoms with van der Waals surface area (Å²) in [6.45, 7) is 8.72. The van der Waals surface area contributed by atoms with Gasteiger partial charge in [-0.15, -0.1) is 0 Å². The van der Waals surface area contributed by atoms with E-state index in [1.54, 1.807) is 24.3 Å². The van der Waals surface area contributed by atoms with Crippen molar-refractivity contribution in [3.63, 3.8) is 0 Å². The first-order valence-corrected chi connectivity index (χ1v) is 24.3. The van der Waals surface area contributed by atoms with Crippen LogP contribution in [0.1, 0.15) is 22.3 Å². The second-order valence-corrected chi connectivity index (χ2v) is 18.7. The van der Waals surface area contributed by atoms with Gasteiger partial charge < -0.3 is 0 Å². The van der Waals surface area contributed by atoms with E-state index in [0.717, 1.165) is 112 Å². The number of hydrogen-bond donors (Lipinski definition) is 0. The van der Waals surface area contributed by atoms with Gasteiger partial charge in [0.05, 0.1) is 11.4 Å². The normalized spacial score (nSPS) is 11.2. The Bertz CT molecular complexity index is 3570. The summed E-state index contributed by atoms with van der Waals surface area (Å²) in [5, 5.41) is 0. The highest BCUT2D eigenvalue weighted by Gasteiger charge is 2.20. The van der Waals surface area contributed by atoms with Gasteiger partial charge in [-0.25, -0.2) is 8.78 Å². The van der Waals surface area contributed by atoms with E-state index in [0.29, 0.717) is 0 Å². The predicted molar refractivity (Wildman–Crippen MR) is 295 cm³/mol. The summed E-state index contributed by atoms with van der Waals surface area (Å²) in [7, 11) is 0. The van der Waals surface area contributed by atoms with Crippen LogP contribution in [0.25, 0.3) is 112 Å².